The number of amides is 1. The predicted molar refractivity (Wildman–Crippen MR) is 156 cm³/mol. The minimum absolute atomic E-state index is 0.0263. The largest absolute Gasteiger partial charge is 0.382 e. The lowest BCUT2D eigenvalue weighted by Gasteiger charge is -2.44. The Hall–Kier alpha value is -3.46. The van der Waals surface area contributed by atoms with E-state index in [-0.39, 0.29) is 62.3 Å². The Balaban J connectivity index is 1.56. The standard InChI is InChI=1S/C33H32ClF2N3O5/c1-2-32(41,31(36)10-13-42-14-11-31)23-15-27-29(28(35)16-23)33(44-26-9-12-43-20-26,22-4-6-24(34)7-5-22)39(30(27)40)19-25-8-3-21(17-37)18-38-25/h3-8,15-16,18,26,41H,2,9-14,19-20H2,1H3/t26-,32?,33+/m0/s1. The number of rotatable bonds is 8. The van der Waals surface area contributed by atoms with Gasteiger partial charge in [0.05, 0.1) is 41.6 Å². The van der Waals surface area contributed by atoms with E-state index < -0.39 is 34.8 Å². The molecule has 6 rings (SSSR count). The average Bonchev–Trinajstić information content (AvgIpc) is 3.63. The van der Waals surface area contributed by atoms with Crippen molar-refractivity contribution in [2.75, 3.05) is 26.4 Å². The van der Waals surface area contributed by atoms with Gasteiger partial charge in [-0.3, -0.25) is 14.7 Å². The molecule has 1 aromatic heterocycles. The topological polar surface area (TPSA) is 105 Å². The maximum atomic E-state index is 16.8. The zero-order valence-corrected chi connectivity index (χ0v) is 24.9. The van der Waals surface area contributed by atoms with Gasteiger partial charge in [-0.2, -0.15) is 5.26 Å². The van der Waals surface area contributed by atoms with Gasteiger partial charge in [0.2, 0.25) is 5.72 Å². The molecule has 2 aromatic carbocycles. The van der Waals surface area contributed by atoms with Crippen molar-refractivity contribution >= 4 is 17.5 Å². The molecule has 3 aliphatic heterocycles. The number of hydrogen-bond donors (Lipinski definition) is 1. The highest BCUT2D eigenvalue weighted by Crippen LogP contribution is 2.52. The second-order valence-corrected chi connectivity index (χ2v) is 11.9. The number of carbonyl (C=O) groups is 1. The maximum absolute atomic E-state index is 16.8. The van der Waals surface area contributed by atoms with E-state index in [9.17, 15) is 15.2 Å². The van der Waals surface area contributed by atoms with Crippen LogP contribution in [-0.4, -0.2) is 59.1 Å². The lowest BCUT2D eigenvalue weighted by molar-refractivity contribution is -0.155. The van der Waals surface area contributed by atoms with E-state index in [1.165, 1.54) is 17.2 Å². The first-order valence-electron chi connectivity index (χ1n) is 14.7. The molecule has 3 aromatic rings. The Bertz CT molecular complexity index is 1590. The summed E-state index contributed by atoms with van der Waals surface area (Å²) in [6.45, 7) is 2.44. The molecule has 1 N–H and O–H groups in total. The van der Waals surface area contributed by atoms with Crippen molar-refractivity contribution in [3.63, 3.8) is 0 Å². The van der Waals surface area contributed by atoms with E-state index in [0.717, 1.165) is 6.07 Å². The smallest absolute Gasteiger partial charge is 0.257 e. The van der Waals surface area contributed by atoms with E-state index in [1.807, 2.05) is 6.07 Å². The Kier molecular flexibility index (Phi) is 8.20. The van der Waals surface area contributed by atoms with Crippen LogP contribution in [0.4, 0.5) is 8.78 Å². The van der Waals surface area contributed by atoms with Gasteiger partial charge in [-0.25, -0.2) is 8.78 Å². The molecule has 8 nitrogen and oxygen atoms in total. The minimum atomic E-state index is -2.08. The molecule has 4 heterocycles. The third-order valence-electron chi connectivity index (χ3n) is 9.04. The Labute approximate surface area is 259 Å². The lowest BCUT2D eigenvalue weighted by Crippen LogP contribution is -2.51. The van der Waals surface area contributed by atoms with Crippen LogP contribution in [0.1, 0.15) is 70.9 Å². The van der Waals surface area contributed by atoms with Crippen LogP contribution in [0.25, 0.3) is 0 Å². The van der Waals surface area contributed by atoms with Crippen LogP contribution < -0.4 is 0 Å². The summed E-state index contributed by atoms with van der Waals surface area (Å²) >= 11 is 6.24. The highest BCUT2D eigenvalue weighted by molar-refractivity contribution is 6.30. The normalized spacial score (nSPS) is 24.1. The van der Waals surface area contributed by atoms with Gasteiger partial charge in [-0.15, -0.1) is 0 Å². The molecular weight excluding hydrogens is 592 g/mol. The number of aliphatic hydroxyl groups is 1. The van der Waals surface area contributed by atoms with Gasteiger partial charge in [0.25, 0.3) is 5.91 Å². The molecule has 1 amide bonds. The molecule has 0 spiro atoms. The Morgan fingerprint density at radius 2 is 1.93 bits per heavy atom. The number of halogens is 3. The molecule has 3 aliphatic rings. The number of carbonyl (C=O) groups excluding carboxylic acids is 1. The first kappa shape index (κ1) is 30.6. The van der Waals surface area contributed by atoms with Gasteiger partial charge in [-0.1, -0.05) is 30.7 Å². The van der Waals surface area contributed by atoms with Gasteiger partial charge in [0, 0.05) is 49.4 Å². The first-order valence-corrected chi connectivity index (χ1v) is 15.0. The number of alkyl halides is 1. The van der Waals surface area contributed by atoms with E-state index in [0.29, 0.717) is 34.9 Å². The number of hydrogen-bond acceptors (Lipinski definition) is 7. The monoisotopic (exact) mass is 623 g/mol. The van der Waals surface area contributed by atoms with Crippen LogP contribution in [-0.2, 0) is 32.1 Å². The summed E-state index contributed by atoms with van der Waals surface area (Å²) < 4.78 is 50.9. The molecule has 11 heteroatoms. The lowest BCUT2D eigenvalue weighted by atomic mass is 9.72. The summed E-state index contributed by atoms with van der Waals surface area (Å²) in [5.41, 5.74) is -4.83. The molecule has 230 valence electrons. The van der Waals surface area contributed by atoms with E-state index in [2.05, 4.69) is 4.98 Å². The highest BCUT2D eigenvalue weighted by atomic mass is 35.5. The number of aromatic nitrogens is 1. The zero-order chi connectivity index (χ0) is 31.1. The number of nitriles is 1. The van der Waals surface area contributed by atoms with Crippen molar-refractivity contribution < 1.29 is 32.9 Å². The number of benzene rings is 2. The van der Waals surface area contributed by atoms with Gasteiger partial charge >= 0.3 is 0 Å². The van der Waals surface area contributed by atoms with Crippen LogP contribution in [0.2, 0.25) is 5.02 Å². The molecular formula is C33H32ClF2N3O5. The second-order valence-electron chi connectivity index (χ2n) is 11.5. The van der Waals surface area contributed by atoms with Crippen molar-refractivity contribution in [1.82, 2.24) is 9.88 Å². The summed E-state index contributed by atoms with van der Waals surface area (Å²) in [6, 6.07) is 14.4. The van der Waals surface area contributed by atoms with Gasteiger partial charge in [-0.05, 0) is 54.8 Å². The fourth-order valence-corrected chi connectivity index (χ4v) is 6.74. The van der Waals surface area contributed by atoms with E-state index in [1.54, 1.807) is 43.3 Å². The molecule has 0 radical (unpaired) electrons. The predicted octanol–water partition coefficient (Wildman–Crippen LogP) is 5.52. The summed E-state index contributed by atoms with van der Waals surface area (Å²) in [4.78, 5) is 20.2. The fourth-order valence-electron chi connectivity index (χ4n) is 6.61. The summed E-state index contributed by atoms with van der Waals surface area (Å²) in [6.07, 6.45) is 1.24. The van der Waals surface area contributed by atoms with Crippen molar-refractivity contribution in [2.45, 2.75) is 62.3 Å². The average molecular weight is 624 g/mol. The molecule has 3 atom stereocenters. The van der Waals surface area contributed by atoms with Gasteiger partial charge < -0.3 is 19.3 Å². The number of pyridine rings is 1. The summed E-state index contributed by atoms with van der Waals surface area (Å²) in [7, 11) is 0. The van der Waals surface area contributed by atoms with Crippen LogP contribution >= 0.6 is 11.6 Å². The summed E-state index contributed by atoms with van der Waals surface area (Å²) in [5.74, 6) is -1.41. The zero-order valence-electron chi connectivity index (χ0n) is 24.2. The van der Waals surface area contributed by atoms with Crippen molar-refractivity contribution in [3.05, 3.63) is 99.1 Å². The molecule has 0 saturated carbocycles. The second kappa shape index (κ2) is 11.8. The Morgan fingerprint density at radius 1 is 1.18 bits per heavy atom. The van der Waals surface area contributed by atoms with Crippen molar-refractivity contribution in [2.24, 2.45) is 0 Å². The fraction of sp³-hybridized carbons (Fsp3) is 0.424. The van der Waals surface area contributed by atoms with E-state index >= 15 is 8.78 Å². The van der Waals surface area contributed by atoms with E-state index in [4.69, 9.17) is 25.8 Å². The quantitative estimate of drug-likeness (QED) is 0.352. The number of fused-ring (bicyclic) bond motifs is 1. The SMILES string of the molecule is CCC(O)(c1cc(F)c2c(c1)C(=O)N(Cc1ccc(C#N)cn1)[C@@]2(O[C@H]1CCOC1)c1ccc(Cl)cc1)C1(F)CCOCC1. The van der Waals surface area contributed by atoms with Crippen LogP contribution in [0, 0.1) is 17.1 Å². The molecule has 0 aliphatic carbocycles. The third-order valence-corrected chi connectivity index (χ3v) is 9.29. The van der Waals surface area contributed by atoms with Gasteiger partial charge in [0.15, 0.2) is 0 Å². The van der Waals surface area contributed by atoms with Crippen LogP contribution in [0.15, 0.2) is 54.7 Å². The summed E-state index contributed by atoms with van der Waals surface area (Å²) in [5, 5.41) is 21.5. The molecule has 0 bridgehead atoms. The Morgan fingerprint density at radius 3 is 2.55 bits per heavy atom. The van der Waals surface area contributed by atoms with Crippen LogP contribution in [0.5, 0.6) is 0 Å². The van der Waals surface area contributed by atoms with Crippen molar-refractivity contribution in [3.8, 4) is 6.07 Å². The third kappa shape index (κ3) is 4.97. The first-order chi connectivity index (χ1) is 21.1. The minimum Gasteiger partial charge on any atom is -0.382 e. The maximum Gasteiger partial charge on any atom is 0.257 e. The molecule has 44 heavy (non-hydrogen) atoms. The van der Waals surface area contributed by atoms with Gasteiger partial charge in [0.1, 0.15) is 23.2 Å². The van der Waals surface area contributed by atoms with Crippen molar-refractivity contribution in [1.29, 1.82) is 5.26 Å². The van der Waals surface area contributed by atoms with Crippen LogP contribution in [0.3, 0.4) is 0 Å². The molecule has 2 fully saturated rings. The molecule has 1 unspecified atom stereocenters. The number of nitrogens with zero attached hydrogens (tertiary/aromatic N) is 3. The number of ether oxygens (including phenoxy) is 3. The molecule has 2 saturated heterocycles. The highest BCUT2D eigenvalue weighted by Gasteiger charge is 2.58.